The Kier molecular flexibility index (Phi) is 3.29. The Bertz CT molecular complexity index is 473. The highest BCUT2D eigenvalue weighted by atomic mass is 16.6. The van der Waals surface area contributed by atoms with Crippen LogP contribution in [0.3, 0.4) is 0 Å². The van der Waals surface area contributed by atoms with Crippen molar-refractivity contribution in [3.05, 3.63) is 35.9 Å². The summed E-state index contributed by atoms with van der Waals surface area (Å²) in [5.41, 5.74) is 0.962. The molecule has 1 unspecified atom stereocenters. The van der Waals surface area contributed by atoms with E-state index < -0.39 is 0 Å². The fourth-order valence-corrected chi connectivity index (χ4v) is 2.21. The third-order valence-corrected chi connectivity index (χ3v) is 3.23. The van der Waals surface area contributed by atoms with Crippen molar-refractivity contribution in [1.82, 2.24) is 4.90 Å². The number of ether oxygens (including phenoxy) is 1. The summed E-state index contributed by atoms with van der Waals surface area (Å²) < 4.78 is 5.25. The van der Waals surface area contributed by atoms with Gasteiger partial charge >= 0.3 is 6.09 Å². The number of carbonyl (C=O) groups excluding carboxylic acids is 1. The van der Waals surface area contributed by atoms with Gasteiger partial charge < -0.3 is 4.74 Å². The zero-order chi connectivity index (χ0) is 13.2. The fourth-order valence-electron chi connectivity index (χ4n) is 2.21. The van der Waals surface area contributed by atoms with Gasteiger partial charge in [0.1, 0.15) is 12.6 Å². The first-order valence-corrected chi connectivity index (χ1v) is 5.98. The zero-order valence-corrected chi connectivity index (χ0v) is 10.7. The van der Waals surface area contributed by atoms with Crippen LogP contribution in [0.15, 0.2) is 30.3 Å². The molecule has 1 aliphatic rings. The van der Waals surface area contributed by atoms with Crippen molar-refractivity contribution in [2.24, 2.45) is 5.41 Å². The second-order valence-corrected chi connectivity index (χ2v) is 5.23. The largest absolute Gasteiger partial charge is 0.445 e. The lowest BCUT2D eigenvalue weighted by atomic mass is 9.76. The van der Waals surface area contributed by atoms with Crippen LogP contribution < -0.4 is 0 Å². The second-order valence-electron chi connectivity index (χ2n) is 5.23. The lowest BCUT2D eigenvalue weighted by molar-refractivity contribution is -0.0171. The Morgan fingerprint density at radius 1 is 1.50 bits per heavy atom. The van der Waals surface area contributed by atoms with Crippen LogP contribution in [0.1, 0.15) is 19.4 Å². The molecule has 0 aromatic heterocycles. The summed E-state index contributed by atoms with van der Waals surface area (Å²) in [5, 5.41) is 0. The lowest BCUT2D eigenvalue weighted by Crippen LogP contribution is -2.63. The number of rotatable bonds is 2. The first-order chi connectivity index (χ1) is 8.54. The van der Waals surface area contributed by atoms with Crippen molar-refractivity contribution >= 4 is 6.09 Å². The molecule has 0 radical (unpaired) electrons. The number of hydrogen-bond acceptors (Lipinski definition) is 2. The highest BCUT2D eigenvalue weighted by Gasteiger charge is 2.47. The maximum Gasteiger partial charge on any atom is 0.411 e. The second kappa shape index (κ2) is 4.73. The van der Waals surface area contributed by atoms with Crippen LogP contribution in [0.25, 0.3) is 0 Å². The topological polar surface area (TPSA) is 29.5 Å². The van der Waals surface area contributed by atoms with Gasteiger partial charge in [-0.15, -0.1) is 6.42 Å². The molecule has 1 atom stereocenters. The molecule has 0 N–H and O–H groups in total. The average molecular weight is 243 g/mol. The van der Waals surface area contributed by atoms with Gasteiger partial charge in [-0.25, -0.2) is 4.79 Å². The minimum absolute atomic E-state index is 0.0134. The Hall–Kier alpha value is -1.95. The first-order valence-electron chi connectivity index (χ1n) is 5.98. The molecule has 0 spiro atoms. The maximum absolute atomic E-state index is 11.9. The fraction of sp³-hybridized carbons (Fsp3) is 0.400. The molecule has 0 bridgehead atoms. The van der Waals surface area contributed by atoms with Crippen LogP contribution in [0.2, 0.25) is 0 Å². The van der Waals surface area contributed by atoms with Crippen LogP contribution in [0.4, 0.5) is 4.79 Å². The first kappa shape index (κ1) is 12.5. The smallest absolute Gasteiger partial charge is 0.411 e. The zero-order valence-electron chi connectivity index (χ0n) is 10.7. The molecule has 3 nitrogen and oxygen atoms in total. The van der Waals surface area contributed by atoms with E-state index in [2.05, 4.69) is 19.8 Å². The van der Waals surface area contributed by atoms with Crippen molar-refractivity contribution < 1.29 is 9.53 Å². The van der Waals surface area contributed by atoms with E-state index in [0.717, 1.165) is 5.56 Å². The monoisotopic (exact) mass is 243 g/mol. The van der Waals surface area contributed by atoms with Gasteiger partial charge in [0.05, 0.1) is 0 Å². The molecular formula is C15H17NO2. The number of benzene rings is 1. The molecule has 1 amide bonds. The molecule has 0 saturated carbocycles. The molecule has 2 rings (SSSR count). The van der Waals surface area contributed by atoms with Gasteiger partial charge in [-0.3, -0.25) is 4.90 Å². The normalized spacial score (nSPS) is 20.7. The van der Waals surface area contributed by atoms with E-state index in [1.165, 1.54) is 0 Å². The van der Waals surface area contributed by atoms with E-state index in [4.69, 9.17) is 11.2 Å². The number of nitrogens with zero attached hydrogens (tertiary/aromatic N) is 1. The SMILES string of the molecule is C#CC1N(C(=O)OCc2ccccc2)CC1(C)C. The van der Waals surface area contributed by atoms with Crippen molar-refractivity contribution in [3.8, 4) is 12.3 Å². The Balaban J connectivity index is 1.89. The Labute approximate surface area is 108 Å². The summed E-state index contributed by atoms with van der Waals surface area (Å²) in [7, 11) is 0. The predicted molar refractivity (Wildman–Crippen MR) is 69.7 cm³/mol. The van der Waals surface area contributed by atoms with Crippen LogP contribution in [-0.4, -0.2) is 23.6 Å². The number of amides is 1. The molecule has 1 aromatic rings. The molecular weight excluding hydrogens is 226 g/mol. The highest BCUT2D eigenvalue weighted by molar-refractivity contribution is 5.70. The van der Waals surface area contributed by atoms with E-state index in [1.54, 1.807) is 4.90 Å². The van der Waals surface area contributed by atoms with Crippen LogP contribution in [0, 0.1) is 17.8 Å². The molecule has 1 aromatic carbocycles. The van der Waals surface area contributed by atoms with Gasteiger partial charge in [-0.2, -0.15) is 0 Å². The summed E-state index contributed by atoms with van der Waals surface area (Å²) >= 11 is 0. The molecule has 1 saturated heterocycles. The number of hydrogen-bond donors (Lipinski definition) is 0. The minimum atomic E-state index is -0.332. The summed E-state index contributed by atoms with van der Waals surface area (Å²) in [5.74, 6) is 2.65. The van der Waals surface area contributed by atoms with Crippen molar-refractivity contribution in [2.45, 2.75) is 26.5 Å². The third kappa shape index (κ3) is 2.33. The van der Waals surface area contributed by atoms with E-state index >= 15 is 0 Å². The van der Waals surface area contributed by atoms with Gasteiger partial charge in [-0.1, -0.05) is 50.1 Å². The van der Waals surface area contributed by atoms with E-state index in [-0.39, 0.29) is 24.2 Å². The number of carbonyl (C=O) groups is 1. The standard InChI is InChI=1S/C15H17NO2/c1-4-13-15(2,3)11-16(13)14(17)18-10-12-8-6-5-7-9-12/h1,5-9,13H,10-11H2,2-3H3. The van der Waals surface area contributed by atoms with Gasteiger partial charge in [0.15, 0.2) is 0 Å². The summed E-state index contributed by atoms with van der Waals surface area (Å²) in [4.78, 5) is 13.5. The van der Waals surface area contributed by atoms with Gasteiger partial charge in [0.2, 0.25) is 0 Å². The quantitative estimate of drug-likeness (QED) is 0.747. The number of terminal acetylenes is 1. The number of likely N-dealkylation sites (tertiary alicyclic amines) is 1. The van der Waals surface area contributed by atoms with Gasteiger partial charge in [0.25, 0.3) is 0 Å². The molecule has 1 aliphatic heterocycles. The molecule has 1 fully saturated rings. The third-order valence-electron chi connectivity index (χ3n) is 3.23. The van der Waals surface area contributed by atoms with E-state index in [9.17, 15) is 4.79 Å². The van der Waals surface area contributed by atoms with Gasteiger partial charge in [-0.05, 0) is 5.56 Å². The van der Waals surface area contributed by atoms with E-state index in [1.807, 2.05) is 30.3 Å². The van der Waals surface area contributed by atoms with Crippen molar-refractivity contribution in [3.63, 3.8) is 0 Å². The molecule has 0 aliphatic carbocycles. The highest BCUT2D eigenvalue weighted by Crippen LogP contribution is 2.36. The molecule has 1 heterocycles. The lowest BCUT2D eigenvalue weighted by Gasteiger charge is -2.50. The summed E-state index contributed by atoms with van der Waals surface area (Å²) in [6.07, 6.45) is 5.11. The minimum Gasteiger partial charge on any atom is -0.445 e. The van der Waals surface area contributed by atoms with Crippen LogP contribution in [-0.2, 0) is 11.3 Å². The average Bonchev–Trinajstić information content (AvgIpc) is 2.35. The van der Waals surface area contributed by atoms with Crippen LogP contribution in [0.5, 0.6) is 0 Å². The van der Waals surface area contributed by atoms with Gasteiger partial charge in [0, 0.05) is 12.0 Å². The Morgan fingerprint density at radius 2 is 2.17 bits per heavy atom. The van der Waals surface area contributed by atoms with E-state index in [0.29, 0.717) is 6.54 Å². The Morgan fingerprint density at radius 3 is 2.72 bits per heavy atom. The maximum atomic E-state index is 11.9. The molecule has 94 valence electrons. The van der Waals surface area contributed by atoms with Crippen molar-refractivity contribution in [1.29, 1.82) is 0 Å². The molecule has 3 heteroatoms. The summed E-state index contributed by atoms with van der Waals surface area (Å²) in [6.45, 7) is 5.04. The summed E-state index contributed by atoms with van der Waals surface area (Å²) in [6, 6.07) is 9.44. The van der Waals surface area contributed by atoms with Crippen LogP contribution >= 0.6 is 0 Å². The van der Waals surface area contributed by atoms with Crippen molar-refractivity contribution in [2.75, 3.05) is 6.54 Å². The molecule has 18 heavy (non-hydrogen) atoms. The predicted octanol–water partition coefficient (Wildman–Crippen LogP) is 2.67.